The summed E-state index contributed by atoms with van der Waals surface area (Å²) in [6.45, 7) is -0.158. The smallest absolute Gasteiger partial charge is 0.211 e. The average molecular weight is 292 g/mol. The lowest BCUT2D eigenvalue weighted by atomic mass is 10.1. The normalized spacial score (nSPS) is 10.8. The minimum absolute atomic E-state index is 0.158. The fourth-order valence-corrected chi connectivity index (χ4v) is 2.76. The molecule has 0 amide bonds. The minimum Gasteiger partial charge on any atom is -0.391 e. The van der Waals surface area contributed by atoms with E-state index < -0.39 is 0 Å². The van der Waals surface area contributed by atoms with Gasteiger partial charge in [-0.3, -0.25) is 0 Å². The molecule has 1 aromatic carbocycles. The first-order chi connectivity index (χ1) is 9.31. The van der Waals surface area contributed by atoms with Gasteiger partial charge in [-0.05, 0) is 0 Å². The Morgan fingerprint density at radius 2 is 2.05 bits per heavy atom. The van der Waals surface area contributed by atoms with E-state index in [1.54, 1.807) is 10.9 Å². The lowest BCUT2D eigenvalue weighted by molar-refractivity contribution is 0.282. The second-order valence-corrected chi connectivity index (χ2v) is 5.10. The second kappa shape index (κ2) is 5.13. The van der Waals surface area contributed by atoms with Crippen molar-refractivity contribution in [3.8, 4) is 16.4 Å². The van der Waals surface area contributed by atoms with E-state index >= 15 is 0 Å². The molecule has 0 aliphatic heterocycles. The highest BCUT2D eigenvalue weighted by Crippen LogP contribution is 2.31. The lowest BCUT2D eigenvalue weighted by Gasteiger charge is -1.98. The first-order valence-electron chi connectivity index (χ1n) is 5.65. The molecule has 3 rings (SSSR count). The number of aliphatic hydroxyl groups is 1. The summed E-state index contributed by atoms with van der Waals surface area (Å²) >= 11 is 7.72. The van der Waals surface area contributed by atoms with E-state index in [1.807, 2.05) is 35.7 Å². The molecule has 0 aliphatic carbocycles. The molecule has 0 saturated carbocycles. The van der Waals surface area contributed by atoms with Gasteiger partial charge in [0.05, 0.1) is 12.3 Å². The van der Waals surface area contributed by atoms with Gasteiger partial charge in [-0.2, -0.15) is 9.78 Å². The molecule has 0 saturated heterocycles. The molecular formula is C13H10ClN3OS. The quantitative estimate of drug-likeness (QED) is 0.806. The van der Waals surface area contributed by atoms with Crippen LogP contribution in [-0.4, -0.2) is 19.9 Å². The van der Waals surface area contributed by atoms with Crippen molar-refractivity contribution in [2.24, 2.45) is 0 Å². The predicted molar refractivity (Wildman–Crippen MR) is 75.6 cm³/mol. The fourth-order valence-electron chi connectivity index (χ4n) is 1.85. The highest BCUT2D eigenvalue weighted by Gasteiger charge is 2.18. The summed E-state index contributed by atoms with van der Waals surface area (Å²) in [6, 6.07) is 9.65. The molecule has 6 heteroatoms. The zero-order valence-electron chi connectivity index (χ0n) is 9.82. The third-order valence-electron chi connectivity index (χ3n) is 2.73. The van der Waals surface area contributed by atoms with Gasteiger partial charge in [0, 0.05) is 22.7 Å². The lowest BCUT2D eigenvalue weighted by Crippen LogP contribution is -1.95. The molecule has 0 unspecified atom stereocenters. The highest BCUT2D eigenvalue weighted by atomic mass is 35.5. The first kappa shape index (κ1) is 12.3. The van der Waals surface area contributed by atoms with Gasteiger partial charge in [-0.25, -0.2) is 4.98 Å². The molecule has 96 valence electrons. The SMILES string of the molecule is OCc1c(-c2ccccc2)nn(-c2nccs2)c1Cl. The van der Waals surface area contributed by atoms with E-state index in [2.05, 4.69) is 10.1 Å². The van der Waals surface area contributed by atoms with Gasteiger partial charge in [-0.1, -0.05) is 41.9 Å². The largest absolute Gasteiger partial charge is 0.391 e. The van der Waals surface area contributed by atoms with Crippen molar-refractivity contribution in [1.82, 2.24) is 14.8 Å². The first-order valence-corrected chi connectivity index (χ1v) is 6.90. The van der Waals surface area contributed by atoms with E-state index in [4.69, 9.17) is 11.6 Å². The molecule has 2 heterocycles. The van der Waals surface area contributed by atoms with Crippen molar-refractivity contribution in [2.75, 3.05) is 0 Å². The Morgan fingerprint density at radius 3 is 2.68 bits per heavy atom. The van der Waals surface area contributed by atoms with Gasteiger partial charge >= 0.3 is 0 Å². The number of aromatic nitrogens is 3. The van der Waals surface area contributed by atoms with Crippen LogP contribution in [0.15, 0.2) is 41.9 Å². The molecule has 0 aliphatic rings. The Labute approximate surface area is 118 Å². The molecule has 0 atom stereocenters. The molecule has 19 heavy (non-hydrogen) atoms. The maximum atomic E-state index is 9.52. The number of benzene rings is 1. The number of hydrogen-bond acceptors (Lipinski definition) is 4. The Bertz CT molecular complexity index is 679. The second-order valence-electron chi connectivity index (χ2n) is 3.87. The molecule has 0 radical (unpaired) electrons. The van der Waals surface area contributed by atoms with E-state index in [9.17, 15) is 5.11 Å². The van der Waals surface area contributed by atoms with Crippen LogP contribution in [0.3, 0.4) is 0 Å². The Balaban J connectivity index is 2.19. The van der Waals surface area contributed by atoms with Crippen molar-refractivity contribution in [3.63, 3.8) is 0 Å². The number of hydrogen-bond donors (Lipinski definition) is 1. The van der Waals surface area contributed by atoms with Crippen molar-refractivity contribution < 1.29 is 5.11 Å². The van der Waals surface area contributed by atoms with Crippen molar-refractivity contribution in [3.05, 3.63) is 52.6 Å². The van der Waals surface area contributed by atoms with Gasteiger partial charge in [0.25, 0.3) is 0 Å². The van der Waals surface area contributed by atoms with E-state index in [0.717, 1.165) is 5.56 Å². The molecule has 4 nitrogen and oxygen atoms in total. The summed E-state index contributed by atoms with van der Waals surface area (Å²) in [7, 11) is 0. The van der Waals surface area contributed by atoms with Crippen LogP contribution in [0.2, 0.25) is 5.15 Å². The van der Waals surface area contributed by atoms with Gasteiger partial charge in [0.1, 0.15) is 5.15 Å². The molecule has 3 aromatic rings. The fraction of sp³-hybridized carbons (Fsp3) is 0.0769. The van der Waals surface area contributed by atoms with Crippen LogP contribution in [0.5, 0.6) is 0 Å². The summed E-state index contributed by atoms with van der Waals surface area (Å²) in [4.78, 5) is 4.18. The number of nitrogens with zero attached hydrogens (tertiary/aromatic N) is 3. The summed E-state index contributed by atoms with van der Waals surface area (Å²) in [5, 5.41) is 16.9. The molecule has 0 fully saturated rings. The van der Waals surface area contributed by atoms with E-state index in [0.29, 0.717) is 21.5 Å². The van der Waals surface area contributed by atoms with Gasteiger partial charge < -0.3 is 5.11 Å². The van der Waals surface area contributed by atoms with Crippen LogP contribution in [0, 0.1) is 0 Å². The minimum atomic E-state index is -0.158. The predicted octanol–water partition coefficient (Wildman–Crippen LogP) is 3.14. The van der Waals surface area contributed by atoms with Gasteiger partial charge in [-0.15, -0.1) is 11.3 Å². The van der Waals surface area contributed by atoms with Crippen LogP contribution >= 0.6 is 22.9 Å². The summed E-state index contributed by atoms with van der Waals surface area (Å²) in [5.41, 5.74) is 2.22. The zero-order valence-corrected chi connectivity index (χ0v) is 11.4. The number of thiazole rings is 1. The van der Waals surface area contributed by atoms with Crippen molar-refractivity contribution >= 4 is 22.9 Å². The molecular weight excluding hydrogens is 282 g/mol. The molecule has 0 spiro atoms. The average Bonchev–Trinajstić information content (AvgIpc) is 3.07. The van der Waals surface area contributed by atoms with Crippen LogP contribution in [0.4, 0.5) is 0 Å². The zero-order chi connectivity index (χ0) is 13.2. The van der Waals surface area contributed by atoms with Crippen LogP contribution in [0.25, 0.3) is 16.4 Å². The van der Waals surface area contributed by atoms with Crippen molar-refractivity contribution in [2.45, 2.75) is 6.61 Å². The van der Waals surface area contributed by atoms with Crippen LogP contribution < -0.4 is 0 Å². The van der Waals surface area contributed by atoms with E-state index in [-0.39, 0.29) is 6.61 Å². The van der Waals surface area contributed by atoms with Crippen molar-refractivity contribution in [1.29, 1.82) is 0 Å². The summed E-state index contributed by atoms with van der Waals surface area (Å²) < 4.78 is 1.56. The van der Waals surface area contributed by atoms with Gasteiger partial charge in [0.2, 0.25) is 5.13 Å². The maximum absolute atomic E-state index is 9.52. The monoisotopic (exact) mass is 291 g/mol. The number of halogens is 1. The topological polar surface area (TPSA) is 50.9 Å². The van der Waals surface area contributed by atoms with Crippen LogP contribution in [-0.2, 0) is 6.61 Å². The highest BCUT2D eigenvalue weighted by molar-refractivity contribution is 7.12. The summed E-state index contributed by atoms with van der Waals surface area (Å²) in [6.07, 6.45) is 1.69. The van der Waals surface area contributed by atoms with Crippen LogP contribution in [0.1, 0.15) is 5.56 Å². The molecule has 0 bridgehead atoms. The third-order valence-corrected chi connectivity index (χ3v) is 3.86. The Kier molecular flexibility index (Phi) is 3.33. The van der Waals surface area contributed by atoms with Gasteiger partial charge in [0.15, 0.2) is 0 Å². The van der Waals surface area contributed by atoms with E-state index in [1.165, 1.54) is 11.3 Å². The molecule has 1 N–H and O–H groups in total. The summed E-state index contributed by atoms with van der Waals surface area (Å²) in [5.74, 6) is 0. The number of aliphatic hydroxyl groups excluding tert-OH is 1. The maximum Gasteiger partial charge on any atom is 0.211 e. The molecule has 2 aromatic heterocycles. The standard InChI is InChI=1S/C13H10ClN3OS/c14-12-10(8-18)11(9-4-2-1-3-5-9)16-17(12)13-15-6-7-19-13/h1-7,18H,8H2. The Morgan fingerprint density at radius 1 is 1.26 bits per heavy atom. The Hall–Kier alpha value is -1.69. The third kappa shape index (κ3) is 2.16. The number of rotatable bonds is 3.